The van der Waals surface area contributed by atoms with Crippen molar-refractivity contribution < 1.29 is 4.74 Å². The van der Waals surface area contributed by atoms with Gasteiger partial charge < -0.3 is 14.5 Å². The quantitative estimate of drug-likeness (QED) is 0.719. The third-order valence-electron chi connectivity index (χ3n) is 4.72. The SMILES string of the molecule is S=C(N1CCOCC1)N1Cc2ccccc2C1c1ccc(Cl)cc1. The van der Waals surface area contributed by atoms with Crippen molar-refractivity contribution in [2.45, 2.75) is 12.6 Å². The lowest BCUT2D eigenvalue weighted by Crippen LogP contribution is -2.47. The fourth-order valence-electron chi connectivity index (χ4n) is 3.51. The molecule has 2 heterocycles. The molecular formula is C19H19ClN2OS. The van der Waals surface area contributed by atoms with E-state index in [1.54, 1.807) is 0 Å². The predicted molar refractivity (Wildman–Crippen MR) is 100 cm³/mol. The highest BCUT2D eigenvalue weighted by molar-refractivity contribution is 7.80. The van der Waals surface area contributed by atoms with Gasteiger partial charge in [0.2, 0.25) is 0 Å². The molecular weight excluding hydrogens is 340 g/mol. The van der Waals surface area contributed by atoms with Crippen LogP contribution in [0.15, 0.2) is 48.5 Å². The minimum atomic E-state index is 0.147. The zero-order chi connectivity index (χ0) is 16.5. The van der Waals surface area contributed by atoms with Gasteiger partial charge in [0.25, 0.3) is 0 Å². The smallest absolute Gasteiger partial charge is 0.172 e. The summed E-state index contributed by atoms with van der Waals surface area (Å²) < 4.78 is 5.46. The molecule has 0 bridgehead atoms. The lowest BCUT2D eigenvalue weighted by molar-refractivity contribution is 0.0629. The van der Waals surface area contributed by atoms with Crippen molar-refractivity contribution in [3.63, 3.8) is 0 Å². The average molecular weight is 359 g/mol. The van der Waals surface area contributed by atoms with Gasteiger partial charge in [0, 0.05) is 24.7 Å². The lowest BCUT2D eigenvalue weighted by atomic mass is 9.98. The van der Waals surface area contributed by atoms with Gasteiger partial charge in [-0.25, -0.2) is 0 Å². The van der Waals surface area contributed by atoms with Crippen LogP contribution in [0, 0.1) is 0 Å². The molecule has 0 amide bonds. The molecule has 0 spiro atoms. The summed E-state index contributed by atoms with van der Waals surface area (Å²) in [6.45, 7) is 4.05. The molecule has 2 aromatic rings. The fraction of sp³-hybridized carbons (Fsp3) is 0.316. The molecule has 1 saturated heterocycles. The topological polar surface area (TPSA) is 15.7 Å². The molecule has 0 saturated carbocycles. The summed E-state index contributed by atoms with van der Waals surface area (Å²) in [6.07, 6.45) is 0. The number of ether oxygens (including phenoxy) is 1. The second-order valence-electron chi connectivity index (χ2n) is 6.16. The summed E-state index contributed by atoms with van der Waals surface area (Å²) in [4.78, 5) is 4.59. The summed E-state index contributed by atoms with van der Waals surface area (Å²) in [5, 5.41) is 1.67. The monoisotopic (exact) mass is 358 g/mol. The van der Waals surface area contributed by atoms with Crippen LogP contribution in [-0.2, 0) is 11.3 Å². The Labute approximate surface area is 152 Å². The van der Waals surface area contributed by atoms with Gasteiger partial charge in [-0.05, 0) is 41.0 Å². The first-order valence-corrected chi connectivity index (χ1v) is 8.99. The van der Waals surface area contributed by atoms with Crippen LogP contribution < -0.4 is 0 Å². The Kier molecular flexibility index (Phi) is 4.44. The molecule has 2 aromatic carbocycles. The molecule has 24 heavy (non-hydrogen) atoms. The molecule has 0 aliphatic carbocycles. The van der Waals surface area contributed by atoms with E-state index in [0.717, 1.165) is 43.0 Å². The molecule has 2 aliphatic heterocycles. The van der Waals surface area contributed by atoms with E-state index in [1.807, 2.05) is 12.1 Å². The summed E-state index contributed by atoms with van der Waals surface area (Å²) >= 11 is 11.9. The molecule has 5 heteroatoms. The normalized spacial score (nSPS) is 20.1. The number of morpholine rings is 1. The predicted octanol–water partition coefficient (Wildman–Crippen LogP) is 3.86. The Morgan fingerprint density at radius 2 is 1.75 bits per heavy atom. The van der Waals surface area contributed by atoms with Gasteiger partial charge in [0.05, 0.1) is 19.3 Å². The number of thiocarbonyl (C=S) groups is 1. The number of benzene rings is 2. The summed E-state index contributed by atoms with van der Waals surface area (Å²) in [5.74, 6) is 0. The highest BCUT2D eigenvalue weighted by atomic mass is 35.5. The van der Waals surface area contributed by atoms with Crippen LogP contribution >= 0.6 is 23.8 Å². The third kappa shape index (κ3) is 2.90. The first kappa shape index (κ1) is 15.9. The summed E-state index contributed by atoms with van der Waals surface area (Å²) in [7, 11) is 0. The molecule has 3 nitrogen and oxygen atoms in total. The zero-order valence-corrected chi connectivity index (χ0v) is 14.9. The van der Waals surface area contributed by atoms with E-state index in [-0.39, 0.29) is 6.04 Å². The third-order valence-corrected chi connectivity index (χ3v) is 5.46. The lowest BCUT2D eigenvalue weighted by Gasteiger charge is -2.37. The number of hydrogen-bond donors (Lipinski definition) is 0. The van der Waals surface area contributed by atoms with Crippen LogP contribution in [0.2, 0.25) is 5.02 Å². The highest BCUT2D eigenvalue weighted by Crippen LogP contribution is 2.39. The van der Waals surface area contributed by atoms with Gasteiger partial charge in [0.1, 0.15) is 0 Å². The highest BCUT2D eigenvalue weighted by Gasteiger charge is 2.34. The Morgan fingerprint density at radius 1 is 1.04 bits per heavy atom. The molecule has 2 aliphatic rings. The van der Waals surface area contributed by atoms with Crippen LogP contribution in [0.1, 0.15) is 22.7 Å². The van der Waals surface area contributed by atoms with Crippen LogP contribution in [0.25, 0.3) is 0 Å². The van der Waals surface area contributed by atoms with Crippen LogP contribution in [-0.4, -0.2) is 41.2 Å². The van der Waals surface area contributed by atoms with E-state index < -0.39 is 0 Å². The van der Waals surface area contributed by atoms with Gasteiger partial charge in [-0.15, -0.1) is 0 Å². The van der Waals surface area contributed by atoms with Gasteiger partial charge in [-0.3, -0.25) is 0 Å². The summed E-state index contributed by atoms with van der Waals surface area (Å²) in [5.41, 5.74) is 3.89. The maximum absolute atomic E-state index is 6.08. The van der Waals surface area contributed by atoms with Crippen LogP contribution in [0.5, 0.6) is 0 Å². The summed E-state index contributed by atoms with van der Waals surface area (Å²) in [6, 6.07) is 16.8. The van der Waals surface area contributed by atoms with Crippen molar-refractivity contribution in [1.29, 1.82) is 0 Å². The van der Waals surface area contributed by atoms with Crippen molar-refractivity contribution in [3.8, 4) is 0 Å². The largest absolute Gasteiger partial charge is 0.378 e. The minimum absolute atomic E-state index is 0.147. The first-order valence-electron chi connectivity index (χ1n) is 8.20. The van der Waals surface area contributed by atoms with Gasteiger partial charge in [-0.2, -0.15) is 0 Å². The van der Waals surface area contributed by atoms with E-state index >= 15 is 0 Å². The molecule has 0 aromatic heterocycles. The standard InChI is InChI=1S/C19H19ClN2OS/c20-16-7-5-14(6-8-16)18-17-4-2-1-3-15(17)13-22(18)19(24)21-9-11-23-12-10-21/h1-8,18H,9-13H2. The van der Waals surface area contributed by atoms with Crippen molar-refractivity contribution in [1.82, 2.24) is 9.80 Å². The van der Waals surface area contributed by atoms with Gasteiger partial charge in [0.15, 0.2) is 5.11 Å². The van der Waals surface area contributed by atoms with Gasteiger partial charge >= 0.3 is 0 Å². The van der Waals surface area contributed by atoms with Crippen LogP contribution in [0.3, 0.4) is 0 Å². The minimum Gasteiger partial charge on any atom is -0.378 e. The Morgan fingerprint density at radius 3 is 2.50 bits per heavy atom. The molecule has 1 atom stereocenters. The maximum Gasteiger partial charge on any atom is 0.172 e. The van der Waals surface area contributed by atoms with Gasteiger partial charge in [-0.1, -0.05) is 48.0 Å². The van der Waals surface area contributed by atoms with Crippen molar-refractivity contribution in [3.05, 3.63) is 70.2 Å². The first-order chi connectivity index (χ1) is 11.7. The zero-order valence-electron chi connectivity index (χ0n) is 13.3. The van der Waals surface area contributed by atoms with E-state index in [2.05, 4.69) is 46.2 Å². The van der Waals surface area contributed by atoms with E-state index in [9.17, 15) is 0 Å². The molecule has 124 valence electrons. The molecule has 0 N–H and O–H groups in total. The fourth-order valence-corrected chi connectivity index (χ4v) is 3.99. The number of halogens is 1. The van der Waals surface area contributed by atoms with Crippen molar-refractivity contribution in [2.75, 3.05) is 26.3 Å². The Bertz CT molecular complexity index is 743. The maximum atomic E-state index is 6.08. The second kappa shape index (κ2) is 6.71. The van der Waals surface area contributed by atoms with Crippen molar-refractivity contribution in [2.24, 2.45) is 0 Å². The Balaban J connectivity index is 1.70. The average Bonchev–Trinajstić information content (AvgIpc) is 3.02. The number of hydrogen-bond acceptors (Lipinski definition) is 2. The number of nitrogens with zero attached hydrogens (tertiary/aromatic N) is 2. The molecule has 1 unspecified atom stereocenters. The van der Waals surface area contributed by atoms with Crippen LogP contribution in [0.4, 0.5) is 0 Å². The van der Waals surface area contributed by atoms with E-state index in [1.165, 1.54) is 16.7 Å². The van der Waals surface area contributed by atoms with E-state index in [4.69, 9.17) is 28.6 Å². The number of fused-ring (bicyclic) bond motifs is 1. The molecule has 1 fully saturated rings. The van der Waals surface area contributed by atoms with E-state index in [0.29, 0.717) is 0 Å². The van der Waals surface area contributed by atoms with Crippen molar-refractivity contribution >= 4 is 28.9 Å². The Hall–Kier alpha value is -1.62. The second-order valence-corrected chi connectivity index (χ2v) is 6.96. The molecule has 4 rings (SSSR count). The number of rotatable bonds is 1. The molecule has 0 radical (unpaired) electrons.